The third-order valence-electron chi connectivity index (χ3n) is 4.08. The molecule has 0 radical (unpaired) electrons. The summed E-state index contributed by atoms with van der Waals surface area (Å²) in [5, 5.41) is 1.53. The largest absolute Gasteiger partial charge is 0.131 e. The highest BCUT2D eigenvalue weighted by atomic mass is 31.0. The quantitative estimate of drug-likeness (QED) is 0.438. The van der Waals surface area contributed by atoms with Crippen molar-refractivity contribution in [3.05, 3.63) is 71.0 Å². The Bertz CT molecular complexity index is 765. The van der Waals surface area contributed by atoms with E-state index in [9.17, 15) is 0 Å². The van der Waals surface area contributed by atoms with Gasteiger partial charge in [0.2, 0.25) is 0 Å². The maximum atomic E-state index is 2.30. The van der Waals surface area contributed by atoms with Crippen LogP contribution in [0.2, 0.25) is 0 Å². The van der Waals surface area contributed by atoms with E-state index in [-0.39, 0.29) is 0 Å². The van der Waals surface area contributed by atoms with Crippen LogP contribution in [0.1, 0.15) is 16.7 Å². The van der Waals surface area contributed by atoms with Crippen molar-refractivity contribution in [2.45, 2.75) is 13.3 Å². The maximum absolute atomic E-state index is 2.30. The summed E-state index contributed by atoms with van der Waals surface area (Å²) in [5.74, 6) is 2.30. The topological polar surface area (TPSA) is 0 Å². The van der Waals surface area contributed by atoms with Crippen LogP contribution in [0, 0.1) is 6.92 Å². The molecule has 4 rings (SSSR count). The highest BCUT2D eigenvalue weighted by Crippen LogP contribution is 2.44. The highest BCUT2D eigenvalue weighted by Gasteiger charge is 2.21. The van der Waals surface area contributed by atoms with Gasteiger partial charge in [0.1, 0.15) is 0 Å². The van der Waals surface area contributed by atoms with Gasteiger partial charge in [0.05, 0.1) is 0 Å². The van der Waals surface area contributed by atoms with Crippen LogP contribution in [0.3, 0.4) is 0 Å². The predicted octanol–water partition coefficient (Wildman–Crippen LogP) is 5.26. The van der Waals surface area contributed by atoms with Crippen molar-refractivity contribution in [2.24, 2.45) is 0 Å². The molecule has 0 bridgehead atoms. The van der Waals surface area contributed by atoms with E-state index < -0.39 is 0 Å². The predicted molar refractivity (Wildman–Crippen MR) is 84.4 cm³/mol. The zero-order valence-corrected chi connectivity index (χ0v) is 11.9. The standard InChI is InChI=1S/C18H15P/c1-12-9-10-19-18(12)16-8-4-7-15-14-6-3-2-5-13(14)11-17(15)16/h2-10,19H,11H2,1H3. The van der Waals surface area contributed by atoms with E-state index in [4.69, 9.17) is 0 Å². The first-order chi connectivity index (χ1) is 9.34. The third-order valence-corrected chi connectivity index (χ3v) is 5.36. The smallest absolute Gasteiger partial charge is 0.00140 e. The van der Waals surface area contributed by atoms with Crippen LogP contribution in [0.15, 0.2) is 54.3 Å². The molecule has 1 aliphatic rings. The molecular formula is C18H15P. The molecule has 1 unspecified atom stereocenters. The minimum Gasteiger partial charge on any atom is -0.131 e. The molecule has 0 fully saturated rings. The van der Waals surface area contributed by atoms with Gasteiger partial charge in [-0.05, 0) is 52.5 Å². The fourth-order valence-electron chi connectivity index (χ4n) is 3.13. The van der Waals surface area contributed by atoms with E-state index >= 15 is 0 Å². The van der Waals surface area contributed by atoms with Crippen molar-refractivity contribution < 1.29 is 0 Å². The van der Waals surface area contributed by atoms with Gasteiger partial charge in [0.15, 0.2) is 0 Å². The number of rotatable bonds is 1. The first-order valence-electron chi connectivity index (χ1n) is 6.69. The molecule has 1 heterocycles. The Morgan fingerprint density at radius 1 is 0.842 bits per heavy atom. The lowest BCUT2D eigenvalue weighted by Crippen LogP contribution is -1.86. The second-order valence-electron chi connectivity index (χ2n) is 5.20. The molecule has 19 heavy (non-hydrogen) atoms. The molecule has 0 N–H and O–H groups in total. The number of hydrogen-bond acceptors (Lipinski definition) is 0. The van der Waals surface area contributed by atoms with Gasteiger partial charge < -0.3 is 0 Å². The number of aryl methyl sites for hydroxylation is 1. The van der Waals surface area contributed by atoms with E-state index in [1.54, 1.807) is 0 Å². The molecule has 0 aliphatic heterocycles. The average molecular weight is 262 g/mol. The minimum atomic E-state index is 0.827. The summed E-state index contributed by atoms with van der Waals surface area (Å²) in [6.07, 6.45) is 1.09. The Morgan fingerprint density at radius 2 is 1.63 bits per heavy atom. The fraction of sp³-hybridized carbons (Fsp3) is 0.111. The molecule has 0 spiro atoms. The van der Waals surface area contributed by atoms with Gasteiger partial charge in [0.25, 0.3) is 0 Å². The van der Waals surface area contributed by atoms with E-state index in [1.807, 2.05) is 0 Å². The van der Waals surface area contributed by atoms with Gasteiger partial charge in [0, 0.05) is 5.30 Å². The Labute approximate surface area is 115 Å². The summed E-state index contributed by atoms with van der Waals surface area (Å²) in [5.41, 5.74) is 8.75. The minimum absolute atomic E-state index is 0.827. The Hall–Kier alpha value is -1.78. The van der Waals surface area contributed by atoms with Crippen molar-refractivity contribution in [1.82, 2.24) is 0 Å². The molecule has 92 valence electrons. The van der Waals surface area contributed by atoms with E-state index in [2.05, 4.69) is 61.3 Å². The van der Waals surface area contributed by atoms with Crippen molar-refractivity contribution in [3.63, 3.8) is 0 Å². The molecular weight excluding hydrogens is 247 g/mol. The third kappa shape index (κ3) is 1.60. The molecule has 1 atom stereocenters. The van der Waals surface area contributed by atoms with Crippen molar-refractivity contribution >= 4 is 8.19 Å². The SMILES string of the molecule is Cc1cc[pH]c1-c1cccc2c1Cc1ccccc1-2. The summed E-state index contributed by atoms with van der Waals surface area (Å²) in [4.78, 5) is 0. The van der Waals surface area contributed by atoms with E-state index in [1.165, 1.54) is 38.7 Å². The number of fused-ring (bicyclic) bond motifs is 3. The molecule has 0 saturated heterocycles. The Morgan fingerprint density at radius 3 is 2.47 bits per heavy atom. The molecule has 0 amide bonds. The molecule has 0 saturated carbocycles. The van der Waals surface area contributed by atoms with Crippen LogP contribution in [-0.4, -0.2) is 0 Å². The summed E-state index contributed by atoms with van der Waals surface area (Å²) >= 11 is 0. The van der Waals surface area contributed by atoms with Gasteiger partial charge in [-0.1, -0.05) is 48.5 Å². The second-order valence-corrected chi connectivity index (χ2v) is 6.32. The van der Waals surface area contributed by atoms with Crippen LogP contribution < -0.4 is 0 Å². The highest BCUT2D eigenvalue weighted by molar-refractivity contribution is 7.33. The van der Waals surface area contributed by atoms with Gasteiger partial charge in [-0.2, -0.15) is 0 Å². The molecule has 3 aromatic rings. The lowest BCUT2D eigenvalue weighted by atomic mass is 9.99. The Balaban J connectivity index is 1.97. The van der Waals surface area contributed by atoms with Gasteiger partial charge in [-0.15, -0.1) is 8.19 Å². The van der Waals surface area contributed by atoms with Crippen molar-refractivity contribution in [1.29, 1.82) is 0 Å². The van der Waals surface area contributed by atoms with Crippen LogP contribution in [0.5, 0.6) is 0 Å². The zero-order chi connectivity index (χ0) is 12.8. The van der Waals surface area contributed by atoms with Crippen LogP contribution >= 0.6 is 8.19 Å². The average Bonchev–Trinajstić information content (AvgIpc) is 3.02. The summed E-state index contributed by atoms with van der Waals surface area (Å²) in [7, 11) is 0.827. The summed E-state index contributed by atoms with van der Waals surface area (Å²) in [6.45, 7) is 2.23. The summed E-state index contributed by atoms with van der Waals surface area (Å²) < 4.78 is 0. The fourth-order valence-corrected chi connectivity index (χ4v) is 4.33. The van der Waals surface area contributed by atoms with Crippen LogP contribution in [-0.2, 0) is 6.42 Å². The number of benzene rings is 2. The molecule has 0 nitrogen and oxygen atoms in total. The second kappa shape index (κ2) is 4.11. The lowest BCUT2D eigenvalue weighted by molar-refractivity contribution is 1.26. The first kappa shape index (κ1) is 11.1. The lowest BCUT2D eigenvalue weighted by Gasteiger charge is -2.08. The van der Waals surface area contributed by atoms with Crippen LogP contribution in [0.25, 0.3) is 22.0 Å². The van der Waals surface area contributed by atoms with Crippen LogP contribution in [0.4, 0.5) is 0 Å². The molecule has 1 aromatic heterocycles. The summed E-state index contributed by atoms with van der Waals surface area (Å²) in [6, 6.07) is 17.8. The van der Waals surface area contributed by atoms with E-state index in [0.717, 1.165) is 14.6 Å². The number of hydrogen-bond donors (Lipinski definition) is 0. The van der Waals surface area contributed by atoms with Crippen molar-refractivity contribution in [3.8, 4) is 22.0 Å². The first-order valence-corrected chi connectivity index (χ1v) is 7.77. The zero-order valence-electron chi connectivity index (χ0n) is 10.9. The van der Waals surface area contributed by atoms with Gasteiger partial charge in [-0.25, -0.2) is 0 Å². The monoisotopic (exact) mass is 262 g/mol. The van der Waals surface area contributed by atoms with Gasteiger partial charge >= 0.3 is 0 Å². The molecule has 1 aliphatic carbocycles. The molecule has 1 heteroatoms. The van der Waals surface area contributed by atoms with Gasteiger partial charge in [-0.3, -0.25) is 0 Å². The molecule has 2 aromatic carbocycles. The normalized spacial score (nSPS) is 12.7. The van der Waals surface area contributed by atoms with E-state index in [0.29, 0.717) is 0 Å². The maximum Gasteiger partial charge on any atom is 0.00140 e. The Kier molecular flexibility index (Phi) is 2.40. The van der Waals surface area contributed by atoms with Crippen molar-refractivity contribution in [2.75, 3.05) is 0 Å².